The second-order valence-electron chi connectivity index (χ2n) is 2.61. The summed E-state index contributed by atoms with van der Waals surface area (Å²) in [6.07, 6.45) is 0. The Hall–Kier alpha value is -1.24. The summed E-state index contributed by atoms with van der Waals surface area (Å²) in [7, 11) is 1.12. The molecule has 0 fully saturated rings. The lowest BCUT2D eigenvalue weighted by Crippen LogP contribution is -2.08. The monoisotopic (exact) mass is 298 g/mol. The molecule has 0 aliphatic rings. The molecule has 3 nitrogen and oxygen atoms in total. The molecule has 16 heavy (non-hydrogen) atoms. The minimum atomic E-state index is -3.18. The van der Waals surface area contributed by atoms with Gasteiger partial charge in [0.25, 0.3) is 0 Å². The van der Waals surface area contributed by atoms with E-state index in [1.54, 1.807) is 0 Å². The third kappa shape index (κ3) is 2.66. The predicted octanol–water partition coefficient (Wildman–Crippen LogP) is 2.98. The van der Waals surface area contributed by atoms with Crippen molar-refractivity contribution in [1.29, 1.82) is 0 Å². The number of halogens is 4. The first-order valence-corrected chi connectivity index (χ1v) is 4.77. The van der Waals surface area contributed by atoms with Gasteiger partial charge >= 0.3 is 12.6 Å². The van der Waals surface area contributed by atoms with Gasteiger partial charge in [-0.3, -0.25) is 0 Å². The van der Waals surface area contributed by atoms with E-state index in [4.69, 9.17) is 0 Å². The highest BCUT2D eigenvalue weighted by Gasteiger charge is 2.20. The van der Waals surface area contributed by atoms with Crippen molar-refractivity contribution in [1.82, 2.24) is 0 Å². The van der Waals surface area contributed by atoms with Crippen LogP contribution >= 0.6 is 15.9 Å². The Labute approximate surface area is 97.3 Å². The molecular formula is C9H6BrF3O3. The molecule has 1 aromatic carbocycles. The van der Waals surface area contributed by atoms with E-state index in [9.17, 15) is 18.0 Å². The molecule has 0 aliphatic heterocycles. The second-order valence-corrected chi connectivity index (χ2v) is 3.40. The van der Waals surface area contributed by atoms with Crippen molar-refractivity contribution in [2.24, 2.45) is 0 Å². The number of benzene rings is 1. The highest BCUT2D eigenvalue weighted by molar-refractivity contribution is 9.10. The van der Waals surface area contributed by atoms with Crippen LogP contribution in [0.1, 0.15) is 10.4 Å². The summed E-state index contributed by atoms with van der Waals surface area (Å²) in [5.74, 6) is -2.51. The van der Waals surface area contributed by atoms with Crippen molar-refractivity contribution in [2.75, 3.05) is 7.11 Å². The highest BCUT2D eigenvalue weighted by Crippen LogP contribution is 2.33. The lowest BCUT2D eigenvalue weighted by atomic mass is 10.2. The van der Waals surface area contributed by atoms with Gasteiger partial charge in [0.2, 0.25) is 0 Å². The van der Waals surface area contributed by atoms with Crippen LogP contribution in [0.25, 0.3) is 0 Å². The van der Waals surface area contributed by atoms with Crippen LogP contribution in [0.3, 0.4) is 0 Å². The predicted molar refractivity (Wildman–Crippen MR) is 52.1 cm³/mol. The molecular weight excluding hydrogens is 293 g/mol. The Bertz CT molecular complexity index is 409. The lowest BCUT2D eigenvalue weighted by Gasteiger charge is -2.10. The first-order valence-electron chi connectivity index (χ1n) is 3.98. The van der Waals surface area contributed by atoms with Crippen molar-refractivity contribution in [2.45, 2.75) is 6.61 Å². The smallest absolute Gasteiger partial charge is 0.387 e. The van der Waals surface area contributed by atoms with Crippen LogP contribution in [-0.2, 0) is 4.74 Å². The van der Waals surface area contributed by atoms with Crippen molar-refractivity contribution >= 4 is 21.9 Å². The van der Waals surface area contributed by atoms with E-state index in [1.165, 1.54) is 0 Å². The molecule has 7 heteroatoms. The molecule has 0 N–H and O–H groups in total. The summed E-state index contributed by atoms with van der Waals surface area (Å²) >= 11 is 2.80. The van der Waals surface area contributed by atoms with Gasteiger partial charge in [-0.2, -0.15) is 8.78 Å². The number of carbonyl (C=O) groups is 1. The van der Waals surface area contributed by atoms with Gasteiger partial charge in [-0.15, -0.1) is 0 Å². The molecule has 1 aromatic rings. The van der Waals surface area contributed by atoms with E-state index in [-0.39, 0.29) is 10.0 Å². The van der Waals surface area contributed by atoms with Gasteiger partial charge in [-0.25, -0.2) is 9.18 Å². The minimum Gasteiger partial charge on any atom is -0.465 e. The molecule has 0 unspecified atom stereocenters. The number of methoxy groups -OCH3 is 1. The highest BCUT2D eigenvalue weighted by atomic mass is 79.9. The van der Waals surface area contributed by atoms with Gasteiger partial charge in [0.15, 0.2) is 11.6 Å². The van der Waals surface area contributed by atoms with Crippen LogP contribution < -0.4 is 4.74 Å². The van der Waals surface area contributed by atoms with Gasteiger partial charge < -0.3 is 9.47 Å². The second kappa shape index (κ2) is 5.20. The van der Waals surface area contributed by atoms with Crippen molar-refractivity contribution < 1.29 is 27.4 Å². The Balaban J connectivity index is 3.21. The summed E-state index contributed by atoms with van der Waals surface area (Å²) in [6, 6.07) is 1.94. The van der Waals surface area contributed by atoms with Gasteiger partial charge in [0.1, 0.15) is 0 Å². The quantitative estimate of drug-likeness (QED) is 0.805. The van der Waals surface area contributed by atoms with Gasteiger partial charge in [0, 0.05) is 0 Å². The first-order chi connectivity index (χ1) is 7.47. The van der Waals surface area contributed by atoms with Crippen LogP contribution in [0.4, 0.5) is 13.2 Å². The number of carbonyl (C=O) groups excluding carboxylic acids is 1. The number of ether oxygens (including phenoxy) is 2. The topological polar surface area (TPSA) is 35.5 Å². The number of hydrogen-bond acceptors (Lipinski definition) is 3. The number of rotatable bonds is 3. The SMILES string of the molecule is COC(=O)c1ccc(F)c(OC(F)F)c1Br. The van der Waals surface area contributed by atoms with Crippen LogP contribution in [-0.4, -0.2) is 19.7 Å². The molecule has 0 radical (unpaired) electrons. The number of esters is 1. The maximum Gasteiger partial charge on any atom is 0.387 e. The van der Waals surface area contributed by atoms with E-state index in [2.05, 4.69) is 25.4 Å². The zero-order valence-corrected chi connectivity index (χ0v) is 9.55. The van der Waals surface area contributed by atoms with E-state index in [1.807, 2.05) is 0 Å². The average Bonchev–Trinajstić information content (AvgIpc) is 2.23. The summed E-state index contributed by atoms with van der Waals surface area (Å²) < 4.78 is 45.2. The van der Waals surface area contributed by atoms with E-state index in [0.29, 0.717) is 0 Å². The lowest BCUT2D eigenvalue weighted by molar-refractivity contribution is -0.0528. The van der Waals surface area contributed by atoms with E-state index < -0.39 is 24.1 Å². The minimum absolute atomic E-state index is 0.0976. The van der Waals surface area contributed by atoms with Crippen molar-refractivity contribution in [3.8, 4) is 5.75 Å². The van der Waals surface area contributed by atoms with E-state index >= 15 is 0 Å². The van der Waals surface area contributed by atoms with E-state index in [0.717, 1.165) is 19.2 Å². The fourth-order valence-electron chi connectivity index (χ4n) is 0.997. The Kier molecular flexibility index (Phi) is 4.17. The van der Waals surface area contributed by atoms with Crippen LogP contribution in [0.15, 0.2) is 16.6 Å². The van der Waals surface area contributed by atoms with Crippen molar-refractivity contribution in [3.05, 3.63) is 28.0 Å². The Morgan fingerprint density at radius 2 is 2.06 bits per heavy atom. The third-order valence-electron chi connectivity index (χ3n) is 1.66. The maximum absolute atomic E-state index is 13.1. The molecule has 0 saturated heterocycles. The summed E-state index contributed by atoms with van der Waals surface area (Å²) in [4.78, 5) is 11.2. The molecule has 0 aromatic heterocycles. The molecule has 0 aliphatic carbocycles. The van der Waals surface area contributed by atoms with Crippen LogP contribution in [0, 0.1) is 5.82 Å². The van der Waals surface area contributed by atoms with Crippen LogP contribution in [0.2, 0.25) is 0 Å². The fraction of sp³-hybridized carbons (Fsp3) is 0.222. The van der Waals surface area contributed by atoms with Gasteiger partial charge in [0.05, 0.1) is 17.1 Å². The molecule has 0 spiro atoms. The Morgan fingerprint density at radius 1 is 1.44 bits per heavy atom. The fourth-order valence-corrected chi connectivity index (χ4v) is 1.57. The Morgan fingerprint density at radius 3 is 2.56 bits per heavy atom. The largest absolute Gasteiger partial charge is 0.465 e. The zero-order chi connectivity index (χ0) is 12.3. The zero-order valence-electron chi connectivity index (χ0n) is 7.97. The molecule has 0 heterocycles. The van der Waals surface area contributed by atoms with Crippen molar-refractivity contribution in [3.63, 3.8) is 0 Å². The number of alkyl halides is 2. The number of hydrogen-bond donors (Lipinski definition) is 0. The molecule has 88 valence electrons. The normalized spacial score (nSPS) is 10.4. The summed E-state index contributed by atoms with van der Waals surface area (Å²) in [5, 5.41) is 0. The van der Waals surface area contributed by atoms with Crippen LogP contribution in [0.5, 0.6) is 5.75 Å². The van der Waals surface area contributed by atoms with Gasteiger partial charge in [-0.1, -0.05) is 0 Å². The molecule has 0 saturated carbocycles. The average molecular weight is 299 g/mol. The standard InChI is InChI=1S/C9H6BrF3O3/c1-15-8(14)4-2-3-5(11)7(6(4)10)16-9(12)13/h2-3,9H,1H3. The molecule has 0 bridgehead atoms. The molecule has 0 atom stereocenters. The first kappa shape index (κ1) is 12.8. The third-order valence-corrected chi connectivity index (χ3v) is 2.45. The summed E-state index contributed by atoms with van der Waals surface area (Å²) in [5.41, 5.74) is -0.0976. The molecule has 1 rings (SSSR count). The summed E-state index contributed by atoms with van der Waals surface area (Å²) in [6.45, 7) is -3.18. The van der Waals surface area contributed by atoms with Gasteiger partial charge in [-0.05, 0) is 28.1 Å². The maximum atomic E-state index is 13.1. The molecule has 0 amide bonds.